The smallest absolute Gasteiger partial charge is 0.407 e. The quantitative estimate of drug-likeness (QED) is 0.777. The van der Waals surface area contributed by atoms with Gasteiger partial charge in [-0.15, -0.1) is 0 Å². The number of nitrogens with zero attached hydrogens (tertiary/aromatic N) is 4. The molecule has 0 aliphatic carbocycles. The highest BCUT2D eigenvalue weighted by atomic mass is 16.4. The Labute approximate surface area is 103 Å². The van der Waals surface area contributed by atoms with Crippen molar-refractivity contribution in [1.29, 1.82) is 0 Å². The summed E-state index contributed by atoms with van der Waals surface area (Å²) in [6.07, 6.45) is 0.759. The maximum atomic E-state index is 10.8. The van der Waals surface area contributed by atoms with Crippen LogP contribution in [0.15, 0.2) is 18.5 Å². The third kappa shape index (κ3) is 1.83. The second kappa shape index (κ2) is 4.17. The van der Waals surface area contributed by atoms with Crippen LogP contribution < -0.4 is 4.90 Å². The van der Waals surface area contributed by atoms with E-state index in [9.17, 15) is 4.79 Å². The number of hydrogen-bond acceptors (Lipinski definition) is 4. The summed E-state index contributed by atoms with van der Waals surface area (Å²) in [6, 6.07) is 3.87. The van der Waals surface area contributed by atoms with Gasteiger partial charge in [-0.05, 0) is 12.1 Å². The van der Waals surface area contributed by atoms with Crippen LogP contribution in [0.4, 0.5) is 10.6 Å². The number of fused-ring (bicyclic) bond motifs is 1. The van der Waals surface area contributed by atoms with Gasteiger partial charge in [-0.2, -0.15) is 0 Å². The Hall–Kier alpha value is -2.31. The van der Waals surface area contributed by atoms with E-state index in [-0.39, 0.29) is 0 Å². The van der Waals surface area contributed by atoms with Gasteiger partial charge in [0.2, 0.25) is 0 Å². The number of imidazole rings is 1. The van der Waals surface area contributed by atoms with E-state index in [1.54, 1.807) is 6.33 Å². The van der Waals surface area contributed by atoms with E-state index in [0.29, 0.717) is 31.8 Å². The summed E-state index contributed by atoms with van der Waals surface area (Å²) in [7, 11) is 0. The number of pyridine rings is 1. The number of amides is 1. The molecule has 7 nitrogen and oxygen atoms in total. The van der Waals surface area contributed by atoms with Crippen LogP contribution in [0.2, 0.25) is 0 Å². The minimum Gasteiger partial charge on any atom is -0.465 e. The lowest BCUT2D eigenvalue weighted by molar-refractivity contribution is 0.142. The molecule has 94 valence electrons. The lowest BCUT2D eigenvalue weighted by Gasteiger charge is -2.33. The molecule has 2 N–H and O–H groups in total. The normalized spacial score (nSPS) is 16.2. The van der Waals surface area contributed by atoms with Crippen molar-refractivity contribution in [3.8, 4) is 0 Å². The van der Waals surface area contributed by atoms with E-state index in [2.05, 4.69) is 19.9 Å². The lowest BCUT2D eigenvalue weighted by atomic mass is 10.3. The van der Waals surface area contributed by atoms with Crippen molar-refractivity contribution in [2.75, 3.05) is 31.1 Å². The van der Waals surface area contributed by atoms with E-state index < -0.39 is 6.09 Å². The van der Waals surface area contributed by atoms with Gasteiger partial charge in [0.05, 0.1) is 11.8 Å². The molecule has 7 heteroatoms. The maximum absolute atomic E-state index is 10.8. The summed E-state index contributed by atoms with van der Waals surface area (Å²) in [5.41, 5.74) is 1.59. The van der Waals surface area contributed by atoms with Gasteiger partial charge in [-0.3, -0.25) is 0 Å². The molecule has 1 aliphatic heterocycles. The van der Waals surface area contributed by atoms with Crippen LogP contribution in [0.1, 0.15) is 0 Å². The molecule has 0 aromatic carbocycles. The number of H-pyrrole nitrogens is 1. The van der Waals surface area contributed by atoms with Gasteiger partial charge >= 0.3 is 6.09 Å². The predicted octanol–water partition coefficient (Wildman–Crippen LogP) is 0.758. The van der Waals surface area contributed by atoms with Crippen molar-refractivity contribution in [1.82, 2.24) is 19.9 Å². The number of aromatic amines is 1. The van der Waals surface area contributed by atoms with Gasteiger partial charge in [0, 0.05) is 26.2 Å². The molecule has 1 amide bonds. The molecule has 1 saturated heterocycles. The fraction of sp³-hybridized carbons (Fsp3) is 0.364. The lowest BCUT2D eigenvalue weighted by Crippen LogP contribution is -2.48. The molecule has 0 unspecified atom stereocenters. The molecule has 1 aliphatic rings. The first-order chi connectivity index (χ1) is 8.74. The standard InChI is InChI=1S/C11H13N5O2/c17-11(18)16-5-3-15(4-6-16)9-2-1-8-10(14-9)13-7-12-8/h1-2,7H,3-6H2,(H,17,18)(H,12,13,14). The fourth-order valence-electron chi connectivity index (χ4n) is 2.12. The molecule has 0 bridgehead atoms. The van der Waals surface area contributed by atoms with Gasteiger partial charge in [0.25, 0.3) is 0 Å². The van der Waals surface area contributed by atoms with E-state index in [0.717, 1.165) is 11.3 Å². The zero-order valence-corrected chi connectivity index (χ0v) is 9.70. The van der Waals surface area contributed by atoms with Crippen molar-refractivity contribution >= 4 is 23.1 Å². The number of aromatic nitrogens is 3. The summed E-state index contributed by atoms with van der Waals surface area (Å²) in [5.74, 6) is 0.847. The van der Waals surface area contributed by atoms with E-state index in [1.165, 1.54) is 4.90 Å². The SMILES string of the molecule is O=C(O)N1CCN(c2ccc3[nH]cnc3n2)CC1. The van der Waals surface area contributed by atoms with Crippen LogP contribution >= 0.6 is 0 Å². The predicted molar refractivity (Wildman–Crippen MR) is 65.7 cm³/mol. The van der Waals surface area contributed by atoms with Gasteiger partial charge in [-0.25, -0.2) is 14.8 Å². The minimum absolute atomic E-state index is 0.510. The highest BCUT2D eigenvalue weighted by Crippen LogP contribution is 2.17. The number of rotatable bonds is 1. The molecule has 2 aromatic rings. The first-order valence-electron chi connectivity index (χ1n) is 5.77. The van der Waals surface area contributed by atoms with Gasteiger partial charge < -0.3 is 19.9 Å². The van der Waals surface area contributed by atoms with Crippen molar-refractivity contribution in [2.24, 2.45) is 0 Å². The Balaban J connectivity index is 1.77. The zero-order chi connectivity index (χ0) is 12.5. The topological polar surface area (TPSA) is 85.4 Å². The summed E-state index contributed by atoms with van der Waals surface area (Å²) in [5, 5.41) is 8.89. The van der Waals surface area contributed by atoms with E-state index in [4.69, 9.17) is 5.11 Å². The second-order valence-corrected chi connectivity index (χ2v) is 4.20. The Bertz CT molecular complexity index is 574. The summed E-state index contributed by atoms with van der Waals surface area (Å²) >= 11 is 0. The average Bonchev–Trinajstić information content (AvgIpc) is 2.86. The highest BCUT2D eigenvalue weighted by Gasteiger charge is 2.21. The molecular formula is C11H13N5O2. The van der Waals surface area contributed by atoms with Crippen molar-refractivity contribution in [3.63, 3.8) is 0 Å². The average molecular weight is 247 g/mol. The Morgan fingerprint density at radius 3 is 2.78 bits per heavy atom. The van der Waals surface area contributed by atoms with Crippen LogP contribution in [0.25, 0.3) is 11.2 Å². The Kier molecular flexibility index (Phi) is 2.51. The first kappa shape index (κ1) is 10.8. The molecule has 2 aromatic heterocycles. The van der Waals surface area contributed by atoms with Crippen LogP contribution in [0, 0.1) is 0 Å². The monoisotopic (exact) mass is 247 g/mol. The molecule has 0 radical (unpaired) electrons. The number of carboxylic acid groups (broad SMARTS) is 1. The molecular weight excluding hydrogens is 234 g/mol. The van der Waals surface area contributed by atoms with E-state index >= 15 is 0 Å². The summed E-state index contributed by atoms with van der Waals surface area (Å²) in [6.45, 7) is 2.34. The number of piperazine rings is 1. The fourth-order valence-corrected chi connectivity index (χ4v) is 2.12. The Morgan fingerprint density at radius 2 is 2.06 bits per heavy atom. The highest BCUT2D eigenvalue weighted by molar-refractivity contribution is 5.72. The summed E-state index contributed by atoms with van der Waals surface area (Å²) in [4.78, 5) is 25.9. The largest absolute Gasteiger partial charge is 0.465 e. The molecule has 0 spiro atoms. The molecule has 3 heterocycles. The third-order valence-electron chi connectivity index (χ3n) is 3.14. The molecule has 0 atom stereocenters. The van der Waals surface area contributed by atoms with Gasteiger partial charge in [0.15, 0.2) is 5.65 Å². The number of anilines is 1. The molecule has 1 fully saturated rings. The number of carbonyl (C=O) groups is 1. The van der Waals surface area contributed by atoms with Gasteiger partial charge in [-0.1, -0.05) is 0 Å². The van der Waals surface area contributed by atoms with Gasteiger partial charge in [0.1, 0.15) is 5.82 Å². The zero-order valence-electron chi connectivity index (χ0n) is 9.70. The van der Waals surface area contributed by atoms with Crippen molar-refractivity contribution in [2.45, 2.75) is 0 Å². The first-order valence-corrected chi connectivity index (χ1v) is 5.77. The van der Waals surface area contributed by atoms with Crippen molar-refractivity contribution < 1.29 is 9.90 Å². The minimum atomic E-state index is -0.856. The van der Waals surface area contributed by atoms with Crippen LogP contribution in [0.5, 0.6) is 0 Å². The number of nitrogens with one attached hydrogen (secondary N) is 1. The van der Waals surface area contributed by atoms with Crippen molar-refractivity contribution in [3.05, 3.63) is 18.5 Å². The van der Waals surface area contributed by atoms with Crippen LogP contribution in [-0.4, -0.2) is 57.2 Å². The summed E-state index contributed by atoms with van der Waals surface area (Å²) < 4.78 is 0. The second-order valence-electron chi connectivity index (χ2n) is 4.20. The van der Waals surface area contributed by atoms with Crippen LogP contribution in [-0.2, 0) is 0 Å². The molecule has 0 saturated carbocycles. The third-order valence-corrected chi connectivity index (χ3v) is 3.14. The van der Waals surface area contributed by atoms with E-state index in [1.807, 2.05) is 12.1 Å². The molecule has 3 rings (SSSR count). The Morgan fingerprint density at radius 1 is 1.28 bits per heavy atom. The molecule has 18 heavy (non-hydrogen) atoms. The maximum Gasteiger partial charge on any atom is 0.407 e. The number of hydrogen-bond donors (Lipinski definition) is 2. The van der Waals surface area contributed by atoms with Crippen LogP contribution in [0.3, 0.4) is 0 Å².